The van der Waals surface area contributed by atoms with Crippen molar-refractivity contribution in [3.05, 3.63) is 119 Å². The number of nitrogens with two attached hydrogens (primary N) is 1. The summed E-state index contributed by atoms with van der Waals surface area (Å²) in [4.78, 5) is 66.6. The number of phenolic OH excluding ortho intramolecular Hbond substituents is 4. The molecule has 0 saturated heterocycles. The van der Waals surface area contributed by atoms with E-state index < -0.39 is 53.7 Å². The molecule has 0 aliphatic carbocycles. The van der Waals surface area contributed by atoms with Crippen LogP contribution >= 0.6 is 0 Å². The number of hydrazine groups is 1. The van der Waals surface area contributed by atoms with Crippen molar-refractivity contribution >= 4 is 29.5 Å². The number of phenols is 4. The number of amides is 5. The molecule has 53 heavy (non-hydrogen) atoms. The van der Waals surface area contributed by atoms with Gasteiger partial charge in [0, 0.05) is 32.6 Å². The fourth-order valence-corrected chi connectivity index (χ4v) is 5.47. The molecule has 0 heterocycles. The van der Waals surface area contributed by atoms with E-state index in [0.29, 0.717) is 22.3 Å². The maximum atomic E-state index is 14.1. The number of nitrogens with one attached hydrogen (secondary N) is 5. The minimum Gasteiger partial charge on any atom is -0.508 e. The summed E-state index contributed by atoms with van der Waals surface area (Å²) in [5, 5.41) is 49.6. The quantitative estimate of drug-likeness (QED) is 0.0440. The van der Waals surface area contributed by atoms with E-state index in [1.807, 2.05) is 5.43 Å². The van der Waals surface area contributed by atoms with Gasteiger partial charge in [-0.3, -0.25) is 29.4 Å². The highest BCUT2D eigenvalue weighted by Crippen LogP contribution is 2.16. The van der Waals surface area contributed by atoms with Crippen LogP contribution in [-0.4, -0.2) is 74.1 Å². The first kappa shape index (κ1) is 39.2. The Labute approximate surface area is 305 Å². The van der Waals surface area contributed by atoms with Gasteiger partial charge in [-0.15, -0.1) is 0 Å². The Bertz CT molecular complexity index is 1870. The van der Waals surface area contributed by atoms with Gasteiger partial charge in [-0.05, 0) is 70.8 Å². The zero-order chi connectivity index (χ0) is 38.5. The number of hydrogen-bond donors (Lipinski definition) is 10. The molecule has 15 nitrogen and oxygen atoms in total. The van der Waals surface area contributed by atoms with Crippen molar-refractivity contribution in [1.29, 1.82) is 0 Å². The molecule has 0 radical (unpaired) electrons. The van der Waals surface area contributed by atoms with Crippen molar-refractivity contribution in [2.45, 2.75) is 56.8 Å². The van der Waals surface area contributed by atoms with E-state index in [9.17, 15) is 44.4 Å². The molecule has 4 atom stereocenters. The first-order chi connectivity index (χ1) is 25.3. The van der Waals surface area contributed by atoms with E-state index in [-0.39, 0.29) is 48.7 Å². The molecule has 0 unspecified atom stereocenters. The van der Waals surface area contributed by atoms with E-state index in [0.717, 1.165) is 0 Å². The first-order valence-electron chi connectivity index (χ1n) is 16.6. The summed E-state index contributed by atoms with van der Waals surface area (Å²) >= 11 is 0. The molecular formula is C38H42N6O9. The van der Waals surface area contributed by atoms with E-state index in [2.05, 4.69) is 21.3 Å². The van der Waals surface area contributed by atoms with Gasteiger partial charge < -0.3 is 41.7 Å². The maximum absolute atomic E-state index is 14.1. The average molecular weight is 727 g/mol. The van der Waals surface area contributed by atoms with Gasteiger partial charge in [0.25, 0.3) is 5.91 Å². The van der Waals surface area contributed by atoms with Gasteiger partial charge in [-0.25, -0.2) is 5.84 Å². The van der Waals surface area contributed by atoms with Crippen LogP contribution in [0.4, 0.5) is 0 Å². The molecule has 0 saturated carbocycles. The summed E-state index contributed by atoms with van der Waals surface area (Å²) in [5.41, 5.74) is 4.32. The van der Waals surface area contributed by atoms with Gasteiger partial charge in [-0.1, -0.05) is 48.5 Å². The second kappa shape index (κ2) is 18.6. The Kier molecular flexibility index (Phi) is 13.7. The van der Waals surface area contributed by atoms with Crippen LogP contribution in [0.3, 0.4) is 0 Å². The normalized spacial score (nSPS) is 13.0. The number of carbonyl (C=O) groups excluding carboxylic acids is 5. The number of rotatable bonds is 16. The zero-order valence-corrected chi connectivity index (χ0v) is 28.8. The summed E-state index contributed by atoms with van der Waals surface area (Å²) in [7, 11) is 0. The van der Waals surface area contributed by atoms with Crippen LogP contribution in [0, 0.1) is 0 Å². The fourth-order valence-electron chi connectivity index (χ4n) is 5.47. The van der Waals surface area contributed by atoms with E-state index in [1.54, 1.807) is 48.5 Å². The Hall–Kier alpha value is -6.61. The van der Waals surface area contributed by atoms with Crippen molar-refractivity contribution in [2.24, 2.45) is 5.84 Å². The van der Waals surface area contributed by atoms with Crippen LogP contribution in [-0.2, 0) is 49.7 Å². The number of benzene rings is 4. The monoisotopic (exact) mass is 726 g/mol. The summed E-state index contributed by atoms with van der Waals surface area (Å²) in [6.07, 6.45) is -0.170. The molecule has 4 aromatic rings. The molecule has 0 aliphatic rings. The van der Waals surface area contributed by atoms with Crippen LogP contribution in [0.25, 0.3) is 0 Å². The van der Waals surface area contributed by atoms with Gasteiger partial charge in [0.05, 0.1) is 0 Å². The first-order valence-corrected chi connectivity index (χ1v) is 16.6. The summed E-state index contributed by atoms with van der Waals surface area (Å²) in [5.74, 6) is 1.91. The Balaban J connectivity index is 1.62. The predicted octanol–water partition coefficient (Wildman–Crippen LogP) is 0.729. The fraction of sp³-hybridized carbons (Fsp3) is 0.237. The highest BCUT2D eigenvalue weighted by Gasteiger charge is 2.32. The number of hydrogen-bond acceptors (Lipinski definition) is 10. The van der Waals surface area contributed by atoms with Gasteiger partial charge in [0.1, 0.15) is 47.2 Å². The molecule has 0 aromatic heterocycles. The van der Waals surface area contributed by atoms with Gasteiger partial charge in [-0.2, -0.15) is 0 Å². The molecule has 0 bridgehead atoms. The lowest BCUT2D eigenvalue weighted by atomic mass is 10.00. The van der Waals surface area contributed by atoms with Crippen molar-refractivity contribution in [3.8, 4) is 23.0 Å². The molecule has 278 valence electrons. The van der Waals surface area contributed by atoms with Gasteiger partial charge in [0.15, 0.2) is 0 Å². The predicted molar refractivity (Wildman–Crippen MR) is 193 cm³/mol. The molecule has 5 amide bonds. The molecule has 0 fully saturated rings. The summed E-state index contributed by atoms with van der Waals surface area (Å²) in [6, 6.07) is 19.0. The van der Waals surface area contributed by atoms with Crippen molar-refractivity contribution in [1.82, 2.24) is 26.7 Å². The third-order valence-electron chi connectivity index (χ3n) is 8.24. The molecule has 15 heteroatoms. The smallest absolute Gasteiger partial charge is 0.256 e. The van der Waals surface area contributed by atoms with Crippen molar-refractivity contribution < 1.29 is 44.4 Å². The topological polar surface area (TPSA) is 252 Å². The van der Waals surface area contributed by atoms with Crippen LogP contribution in [0.15, 0.2) is 97.1 Å². The molecule has 11 N–H and O–H groups in total. The summed E-state index contributed by atoms with van der Waals surface area (Å²) < 4.78 is 0. The zero-order valence-electron chi connectivity index (χ0n) is 28.8. The minimum absolute atomic E-state index is 0.00647. The SMILES string of the molecule is CC(=O)N[C@@H](Cc1ccc(O)cc1)C(=O)N[C@@H](Cc1ccc(O)cc1)C(=O)N[C@@H](Cc1ccc(O)cc1)C(=O)N[C@@H](Cc1ccc(O)cc1)C(=O)NN. The van der Waals surface area contributed by atoms with Crippen LogP contribution in [0.5, 0.6) is 23.0 Å². The molecule has 0 spiro atoms. The second-order valence-electron chi connectivity index (χ2n) is 12.4. The second-order valence-corrected chi connectivity index (χ2v) is 12.4. The standard InChI is InChI=1S/C38H42N6O9/c1-22(45)40-31(18-23-2-10-27(46)11-3-23)35(50)41-32(19-24-4-12-28(47)13-5-24)36(51)42-33(20-25-6-14-29(48)15-7-25)37(52)43-34(38(53)44-39)21-26-8-16-30(49)17-9-26/h2-17,31-34,46-49H,18-21,39H2,1H3,(H,40,45)(H,41,50)(H,42,51)(H,43,52)(H,44,53)/t31-,32-,33-,34-/m0/s1. The molecule has 0 aliphatic heterocycles. The van der Waals surface area contributed by atoms with Gasteiger partial charge >= 0.3 is 0 Å². The lowest BCUT2D eigenvalue weighted by Gasteiger charge is -2.27. The minimum atomic E-state index is -1.32. The third-order valence-corrected chi connectivity index (χ3v) is 8.24. The molecule has 4 aromatic carbocycles. The molecular weight excluding hydrogens is 684 g/mol. The lowest BCUT2D eigenvalue weighted by molar-refractivity contribution is -0.134. The van der Waals surface area contributed by atoms with E-state index >= 15 is 0 Å². The Morgan fingerprint density at radius 3 is 0.887 bits per heavy atom. The Morgan fingerprint density at radius 1 is 0.434 bits per heavy atom. The van der Waals surface area contributed by atoms with Crippen molar-refractivity contribution in [3.63, 3.8) is 0 Å². The largest absolute Gasteiger partial charge is 0.508 e. The van der Waals surface area contributed by atoms with E-state index in [1.165, 1.54) is 55.5 Å². The highest BCUT2D eigenvalue weighted by molar-refractivity contribution is 5.95. The number of carbonyl (C=O) groups is 5. The lowest BCUT2D eigenvalue weighted by Crippen LogP contribution is -2.59. The average Bonchev–Trinajstić information content (AvgIpc) is 3.13. The summed E-state index contributed by atoms with van der Waals surface area (Å²) in [6.45, 7) is 1.24. The van der Waals surface area contributed by atoms with Crippen molar-refractivity contribution in [2.75, 3.05) is 0 Å². The Morgan fingerprint density at radius 2 is 0.660 bits per heavy atom. The van der Waals surface area contributed by atoms with Gasteiger partial charge in [0.2, 0.25) is 23.6 Å². The van der Waals surface area contributed by atoms with Crippen LogP contribution in [0.2, 0.25) is 0 Å². The maximum Gasteiger partial charge on any atom is 0.256 e. The van der Waals surface area contributed by atoms with E-state index in [4.69, 9.17) is 5.84 Å². The highest BCUT2D eigenvalue weighted by atomic mass is 16.3. The van der Waals surface area contributed by atoms with Crippen LogP contribution in [0.1, 0.15) is 29.2 Å². The number of aromatic hydroxyl groups is 4. The molecule has 4 rings (SSSR count). The van der Waals surface area contributed by atoms with Crippen LogP contribution < -0.4 is 32.5 Å². The third kappa shape index (κ3) is 12.3.